The van der Waals surface area contributed by atoms with Crippen LogP contribution in [0.1, 0.15) is 135 Å². The van der Waals surface area contributed by atoms with Gasteiger partial charge in [-0.15, -0.1) is 11.3 Å². The van der Waals surface area contributed by atoms with Crippen LogP contribution < -0.4 is 9.80 Å². The Labute approximate surface area is 668 Å². The second-order valence-corrected chi connectivity index (χ2v) is 36.0. The molecule has 15 aromatic carbocycles. The fraction of sp³-hybridized carbons (Fsp3) is 0.159. The molecule has 0 bridgehead atoms. The molecule has 0 radical (unpaired) electrons. The summed E-state index contributed by atoms with van der Waals surface area (Å²) in [6, 6.07) is 107. The average Bonchev–Trinajstić information content (AvgIpc) is 1.31. The van der Waals surface area contributed by atoms with Gasteiger partial charge in [-0.3, -0.25) is 0 Å². The van der Waals surface area contributed by atoms with Crippen molar-refractivity contribution in [3.05, 3.63) is 360 Å². The minimum absolute atomic E-state index is 0.129. The molecule has 2 aliphatic heterocycles. The quantitative estimate of drug-likeness (QED) is 0.143. The van der Waals surface area contributed by atoms with Crippen LogP contribution in [0.25, 0.3) is 131 Å². The lowest BCUT2D eigenvalue weighted by Crippen LogP contribution is -2.30. The molecule has 0 saturated heterocycles. The monoisotopic (exact) mass is 1470 g/mol. The molecule has 544 valence electrons. The molecule has 0 fully saturated rings. The van der Waals surface area contributed by atoms with Gasteiger partial charge < -0.3 is 18.9 Å². The summed E-state index contributed by atoms with van der Waals surface area (Å²) in [4.78, 5) is 5.14. The van der Waals surface area contributed by atoms with Gasteiger partial charge >= 0.3 is 0 Å². The highest BCUT2D eigenvalue weighted by Crippen LogP contribution is 2.65. The number of nitrogens with zero attached hydrogens (tertiary/aromatic N) is 4. The van der Waals surface area contributed by atoms with Crippen LogP contribution in [0.5, 0.6) is 0 Å². The van der Waals surface area contributed by atoms with E-state index in [9.17, 15) is 5.48 Å². The van der Waals surface area contributed by atoms with Gasteiger partial charge in [-0.25, -0.2) is 0 Å². The third-order valence-corrected chi connectivity index (χ3v) is 25.0. The summed E-state index contributed by atoms with van der Waals surface area (Å²) in [5.74, 6) is -0.437. The first-order valence-electron chi connectivity index (χ1n) is 41.8. The van der Waals surface area contributed by atoms with Crippen LogP contribution in [0.15, 0.2) is 321 Å². The van der Waals surface area contributed by atoms with Crippen molar-refractivity contribution in [2.75, 3.05) is 9.80 Å². The van der Waals surface area contributed by atoms with Gasteiger partial charge in [-0.1, -0.05) is 313 Å². The Morgan fingerprint density at radius 2 is 0.705 bits per heavy atom. The van der Waals surface area contributed by atoms with Crippen LogP contribution >= 0.6 is 11.3 Å². The highest BCUT2D eigenvalue weighted by molar-refractivity contribution is 7.26. The van der Waals surface area contributed by atoms with Crippen molar-refractivity contribution < 1.29 is 6.85 Å². The van der Waals surface area contributed by atoms with Crippen LogP contribution in [-0.4, -0.2) is 9.13 Å². The molecule has 5 heterocycles. The van der Waals surface area contributed by atoms with E-state index in [1.807, 2.05) is 6.07 Å². The normalized spacial score (nSPS) is 14.4. The van der Waals surface area contributed by atoms with Crippen LogP contribution in [0.4, 0.5) is 34.1 Å². The van der Waals surface area contributed by atoms with Crippen molar-refractivity contribution in [1.82, 2.24) is 9.13 Å². The molecule has 0 spiro atoms. The second-order valence-electron chi connectivity index (χ2n) is 34.9. The molecular formula is C107H90N4S. The van der Waals surface area contributed by atoms with Crippen LogP contribution in [0.3, 0.4) is 0 Å². The maximum Gasteiger partial charge on any atom is 0.0640 e. The van der Waals surface area contributed by atoms with Crippen molar-refractivity contribution in [3.8, 4) is 67.0 Å². The summed E-state index contributed by atoms with van der Waals surface area (Å²) < 4.78 is 54.0. The molecule has 0 amide bonds. The predicted octanol–water partition coefficient (Wildman–Crippen LogP) is 30.5. The number of fused-ring (bicyclic) bond motifs is 13. The third-order valence-electron chi connectivity index (χ3n) is 23.8. The van der Waals surface area contributed by atoms with Gasteiger partial charge in [0.1, 0.15) is 0 Å². The number of thiophene rings is 1. The lowest BCUT2D eigenvalue weighted by Gasteiger charge is -2.46. The summed E-state index contributed by atoms with van der Waals surface area (Å²) in [6.45, 7) is 27.7. The number of benzene rings is 15. The fourth-order valence-electron chi connectivity index (χ4n) is 17.9. The third kappa shape index (κ3) is 11.2. The first kappa shape index (κ1) is 63.5. The van der Waals surface area contributed by atoms with Gasteiger partial charge in [0.15, 0.2) is 0 Å². The van der Waals surface area contributed by atoms with E-state index in [2.05, 4.69) is 387 Å². The zero-order chi connectivity index (χ0) is 80.8. The first-order valence-corrected chi connectivity index (χ1v) is 40.1. The van der Waals surface area contributed by atoms with Gasteiger partial charge in [-0.2, -0.15) is 0 Å². The van der Waals surface area contributed by atoms with Gasteiger partial charge in [0.2, 0.25) is 0 Å². The molecular weight excluding hydrogens is 1370 g/mol. The predicted molar refractivity (Wildman–Crippen MR) is 480 cm³/mol. The van der Waals surface area contributed by atoms with Crippen LogP contribution in [0, 0.1) is 0 Å². The Morgan fingerprint density at radius 3 is 1.29 bits per heavy atom. The zero-order valence-electron chi connectivity index (χ0n) is 70.5. The number of aromatic nitrogens is 2. The highest BCUT2D eigenvalue weighted by atomic mass is 32.1. The van der Waals surface area contributed by atoms with Crippen LogP contribution in [0.2, 0.25) is 0 Å². The van der Waals surface area contributed by atoms with Crippen LogP contribution in [-0.2, 0) is 21.7 Å². The summed E-state index contributed by atoms with van der Waals surface area (Å²) in [5, 5.41) is 6.91. The number of para-hydroxylation sites is 1. The van der Waals surface area contributed by atoms with E-state index < -0.39 is 12.0 Å². The Morgan fingerprint density at radius 1 is 0.277 bits per heavy atom. The second kappa shape index (κ2) is 25.6. The Kier molecular flexibility index (Phi) is 14.5. The zero-order valence-corrected chi connectivity index (χ0v) is 66.3. The lowest BCUT2D eigenvalue weighted by molar-refractivity contribution is 0.590. The Hall–Kier alpha value is -12.3. The first-order chi connectivity index (χ1) is 56.2. The summed E-state index contributed by atoms with van der Waals surface area (Å²) in [6.07, 6.45) is 0. The Bertz CT molecular complexity index is 7020. The Balaban J connectivity index is 0.961. The molecule has 4 nitrogen and oxygen atoms in total. The summed E-state index contributed by atoms with van der Waals surface area (Å²) in [5.41, 5.74) is 29.2. The molecule has 3 aromatic heterocycles. The van der Waals surface area contributed by atoms with Crippen molar-refractivity contribution >= 4 is 109 Å². The van der Waals surface area contributed by atoms with Crippen molar-refractivity contribution in [2.45, 2.75) is 111 Å². The maximum atomic E-state index is 9.74. The van der Waals surface area contributed by atoms with E-state index in [4.69, 9.17) is 1.37 Å². The smallest absolute Gasteiger partial charge is 0.0640 e. The largest absolute Gasteiger partial charge is 0.309 e. The molecule has 0 N–H and O–H groups in total. The molecule has 5 heteroatoms. The van der Waals surface area contributed by atoms with E-state index >= 15 is 0 Å². The number of anilines is 6. The van der Waals surface area contributed by atoms with Crippen molar-refractivity contribution in [1.29, 1.82) is 0 Å². The number of rotatable bonds is 9. The molecule has 112 heavy (non-hydrogen) atoms. The van der Waals surface area contributed by atoms with E-state index in [0.29, 0.717) is 5.56 Å². The lowest BCUT2D eigenvalue weighted by atomic mass is 9.74. The maximum absolute atomic E-state index is 9.74. The SMILES string of the molecule is [2H]c1c([2H])c([2H])c(-c2ccc3c(c2)N(c2cccc4c2sc2c(-n5c6ccccc6c6cc(-c7ccccc7)ccc65)cccc24)c2cc(-n4c5ccc(C(C)(C)C)cc5c5cc(C(C)(C)C)ccc54)cc4c2C3c2ccc(-c3cccc(C(C)(C)C)c3)cc2N4c2c(-c3ccccc3)cc(C(C)(C)C)cc2-c2ccccc2)c([2H])c1[2H]. The van der Waals surface area contributed by atoms with E-state index in [1.165, 1.54) is 49.4 Å². The van der Waals surface area contributed by atoms with Crippen molar-refractivity contribution in [2.24, 2.45) is 0 Å². The van der Waals surface area contributed by atoms with Gasteiger partial charge in [0, 0.05) is 54.9 Å². The highest BCUT2D eigenvalue weighted by Gasteiger charge is 2.44. The van der Waals surface area contributed by atoms with E-state index in [1.54, 1.807) is 11.3 Å². The van der Waals surface area contributed by atoms with Gasteiger partial charge in [0.25, 0.3) is 0 Å². The van der Waals surface area contributed by atoms with Gasteiger partial charge in [-0.05, 0) is 191 Å². The minimum atomic E-state index is -0.437. The average molecular weight is 1470 g/mol. The molecule has 2 aliphatic rings. The molecule has 1 unspecified atom stereocenters. The minimum Gasteiger partial charge on any atom is -0.309 e. The van der Waals surface area contributed by atoms with Crippen molar-refractivity contribution in [3.63, 3.8) is 0 Å². The molecule has 18 aromatic rings. The number of hydrogen-bond donors (Lipinski definition) is 0. The van der Waals surface area contributed by atoms with Gasteiger partial charge in [0.05, 0.1) is 83.8 Å². The number of hydrogen-bond acceptors (Lipinski definition) is 3. The standard InChI is InChI=1S/C107H90N4S/c1-104(2,3)74-39-27-38-70(56-74)73-47-52-83-96(59-73)111(101-84(68-34-21-15-22-35-68)62-77(107(10,11)12)63-85(101)69-36-23-16-24-37-69)98-65-78(108-90-54-49-75(105(4,5)6)60-87(90)88-61-76(106(7,8)9)50-55-91(88)108)64-97-100(98)99(83)82-51-46-72(67-32-19-14-20-33-67)58-95(82)110(97)94-45-29-42-81-80-41-28-44-93(102(80)112-103(81)94)109-89-43-26-25-40-79(89)86-57-71(48-53-92(86)109)66-30-17-13-18-31-66/h13-65,99H,1-12H3/i14D,19D,20D,32D,33D. The van der Waals surface area contributed by atoms with E-state index in [-0.39, 0.29) is 51.4 Å². The van der Waals surface area contributed by atoms with E-state index in [0.717, 1.165) is 143 Å². The molecule has 1 atom stereocenters. The molecule has 0 saturated carbocycles. The fourth-order valence-corrected chi connectivity index (χ4v) is 19.2. The topological polar surface area (TPSA) is 16.3 Å². The molecule has 20 rings (SSSR count). The molecule has 0 aliphatic carbocycles. The summed E-state index contributed by atoms with van der Waals surface area (Å²) >= 11 is 1.80. The summed E-state index contributed by atoms with van der Waals surface area (Å²) in [7, 11) is 0.